The Labute approximate surface area is 148 Å². The molecule has 1 aromatic heterocycles. The lowest BCUT2D eigenvalue weighted by Gasteiger charge is -2.39. The fourth-order valence-electron chi connectivity index (χ4n) is 2.44. The molecule has 24 heavy (non-hydrogen) atoms. The number of ether oxygens (including phenoxy) is 1. The number of sulfone groups is 1. The molecule has 134 valence electrons. The van der Waals surface area contributed by atoms with Crippen LogP contribution in [0.3, 0.4) is 0 Å². The van der Waals surface area contributed by atoms with Gasteiger partial charge in [-0.05, 0) is 26.0 Å². The Hall–Kier alpha value is -1.54. The lowest BCUT2D eigenvalue weighted by Crippen LogP contribution is -2.57. The van der Waals surface area contributed by atoms with E-state index in [0.29, 0.717) is 43.1 Å². The molecule has 0 bridgehead atoms. The minimum Gasteiger partial charge on any atom is -0.475 e. The number of nitrogens with zero attached hydrogens (tertiary/aromatic N) is 3. The maximum atomic E-state index is 12.1. The molecule has 2 rings (SSSR count). The van der Waals surface area contributed by atoms with Gasteiger partial charge in [0.15, 0.2) is 15.8 Å². The summed E-state index contributed by atoms with van der Waals surface area (Å²) in [4.78, 5) is 10.2. The van der Waals surface area contributed by atoms with Crippen molar-refractivity contribution in [3.05, 3.63) is 23.4 Å². The Bertz CT molecular complexity index is 706. The molecule has 1 saturated heterocycles. The summed E-state index contributed by atoms with van der Waals surface area (Å²) in [5, 5.41) is 3.64. The van der Waals surface area contributed by atoms with Crippen molar-refractivity contribution in [1.29, 1.82) is 0 Å². The molecule has 0 spiro atoms. The summed E-state index contributed by atoms with van der Waals surface area (Å²) in [5.41, 5.74) is 0. The molecule has 0 atom stereocenters. The number of guanidine groups is 1. The zero-order valence-corrected chi connectivity index (χ0v) is 15.7. The lowest BCUT2D eigenvalue weighted by atomic mass is 10.2. The highest BCUT2D eigenvalue weighted by atomic mass is 35.5. The standard InChI is InChI=1S/C15H23ClN4O3S/c1-15(2)11-20(8-10-24(15,21)22)14(17-3)19-7-9-23-13-12(16)5-4-6-18-13/h4-6H,7-11H2,1-3H3,(H,17,19). The molecule has 7 nitrogen and oxygen atoms in total. The first-order valence-electron chi connectivity index (χ1n) is 7.68. The molecule has 9 heteroatoms. The van der Waals surface area contributed by atoms with Crippen LogP contribution in [0.2, 0.25) is 5.02 Å². The molecule has 0 radical (unpaired) electrons. The molecule has 1 fully saturated rings. The molecule has 1 N–H and O–H groups in total. The molecule has 1 aromatic rings. The van der Waals surface area contributed by atoms with Gasteiger partial charge in [0.1, 0.15) is 11.6 Å². The molecule has 0 aromatic carbocycles. The Morgan fingerprint density at radius 3 is 2.92 bits per heavy atom. The van der Waals surface area contributed by atoms with E-state index in [-0.39, 0.29) is 5.75 Å². The van der Waals surface area contributed by atoms with Crippen LogP contribution in [0, 0.1) is 0 Å². The van der Waals surface area contributed by atoms with Gasteiger partial charge in [-0.2, -0.15) is 0 Å². The number of hydrogen-bond acceptors (Lipinski definition) is 5. The van der Waals surface area contributed by atoms with Crippen LogP contribution in [-0.2, 0) is 9.84 Å². The maximum absolute atomic E-state index is 12.1. The lowest BCUT2D eigenvalue weighted by molar-refractivity contribution is 0.303. The van der Waals surface area contributed by atoms with E-state index in [1.165, 1.54) is 0 Å². The second-order valence-corrected chi connectivity index (χ2v) is 9.26. The highest BCUT2D eigenvalue weighted by Gasteiger charge is 2.40. The third-order valence-corrected chi connectivity index (χ3v) is 6.72. The van der Waals surface area contributed by atoms with Crippen LogP contribution in [0.4, 0.5) is 0 Å². The minimum atomic E-state index is -3.07. The molecular formula is C15H23ClN4O3S. The first-order chi connectivity index (χ1) is 11.3. The molecule has 0 aliphatic carbocycles. The topological polar surface area (TPSA) is 83.9 Å². The van der Waals surface area contributed by atoms with Crippen molar-refractivity contribution >= 4 is 27.4 Å². The van der Waals surface area contributed by atoms with E-state index < -0.39 is 14.6 Å². The number of nitrogens with one attached hydrogen (secondary N) is 1. The van der Waals surface area contributed by atoms with E-state index in [2.05, 4.69) is 15.3 Å². The molecule has 0 unspecified atom stereocenters. The van der Waals surface area contributed by atoms with Gasteiger partial charge in [-0.1, -0.05) is 11.6 Å². The first kappa shape index (κ1) is 18.8. The maximum Gasteiger partial charge on any atom is 0.232 e. The normalized spacial score (nSPS) is 19.8. The smallest absolute Gasteiger partial charge is 0.232 e. The largest absolute Gasteiger partial charge is 0.475 e. The van der Waals surface area contributed by atoms with Gasteiger partial charge >= 0.3 is 0 Å². The Morgan fingerprint density at radius 2 is 2.29 bits per heavy atom. The van der Waals surface area contributed by atoms with Crippen molar-refractivity contribution in [3.63, 3.8) is 0 Å². The summed E-state index contributed by atoms with van der Waals surface area (Å²) in [5.74, 6) is 1.18. The number of halogens is 1. The molecule has 2 heterocycles. The van der Waals surface area contributed by atoms with Crippen molar-refractivity contribution in [2.24, 2.45) is 4.99 Å². The summed E-state index contributed by atoms with van der Waals surface area (Å²) >= 11 is 5.98. The number of aromatic nitrogens is 1. The molecule has 0 amide bonds. The van der Waals surface area contributed by atoms with Gasteiger partial charge in [0.25, 0.3) is 0 Å². The van der Waals surface area contributed by atoms with E-state index in [0.717, 1.165) is 0 Å². The van der Waals surface area contributed by atoms with Crippen LogP contribution in [-0.4, -0.2) is 68.0 Å². The van der Waals surface area contributed by atoms with E-state index >= 15 is 0 Å². The fraction of sp³-hybridized carbons (Fsp3) is 0.600. The first-order valence-corrected chi connectivity index (χ1v) is 9.71. The van der Waals surface area contributed by atoms with Crippen LogP contribution in [0.15, 0.2) is 23.3 Å². The summed E-state index contributed by atoms with van der Waals surface area (Å²) in [6, 6.07) is 3.45. The van der Waals surface area contributed by atoms with Crippen molar-refractivity contribution in [2.75, 3.05) is 39.0 Å². The second-order valence-electron chi connectivity index (χ2n) is 6.11. The van der Waals surface area contributed by atoms with Crippen molar-refractivity contribution in [2.45, 2.75) is 18.6 Å². The fourth-order valence-corrected chi connectivity index (χ4v) is 3.99. The van der Waals surface area contributed by atoms with Crippen LogP contribution in [0.1, 0.15) is 13.8 Å². The zero-order valence-electron chi connectivity index (χ0n) is 14.1. The third-order valence-electron chi connectivity index (χ3n) is 3.90. The molecule has 1 aliphatic heterocycles. The van der Waals surface area contributed by atoms with Crippen LogP contribution in [0.5, 0.6) is 5.88 Å². The molecule has 0 saturated carbocycles. The van der Waals surface area contributed by atoms with E-state index in [1.54, 1.807) is 39.2 Å². The number of rotatable bonds is 4. The van der Waals surface area contributed by atoms with Crippen molar-refractivity contribution < 1.29 is 13.2 Å². The molecular weight excluding hydrogens is 352 g/mol. The predicted molar refractivity (Wildman–Crippen MR) is 95.5 cm³/mol. The van der Waals surface area contributed by atoms with Gasteiger partial charge in [-0.15, -0.1) is 0 Å². The average Bonchev–Trinajstić information content (AvgIpc) is 2.52. The summed E-state index contributed by atoms with van der Waals surface area (Å²) in [6.45, 7) is 5.19. The predicted octanol–water partition coefficient (Wildman–Crippen LogP) is 1.20. The van der Waals surface area contributed by atoms with Gasteiger partial charge in [0.05, 0.1) is 17.0 Å². The number of aliphatic imine (C=N–C) groups is 1. The monoisotopic (exact) mass is 374 g/mol. The van der Waals surface area contributed by atoms with Gasteiger partial charge in [0, 0.05) is 26.3 Å². The van der Waals surface area contributed by atoms with Crippen molar-refractivity contribution in [3.8, 4) is 5.88 Å². The molecule has 1 aliphatic rings. The Kier molecular flexibility index (Phi) is 5.92. The SMILES string of the molecule is CN=C(NCCOc1ncccc1Cl)N1CCS(=O)(=O)C(C)(C)C1. The zero-order chi connectivity index (χ0) is 17.8. The Morgan fingerprint density at radius 1 is 1.54 bits per heavy atom. The third kappa shape index (κ3) is 4.30. The number of pyridine rings is 1. The summed E-state index contributed by atoms with van der Waals surface area (Å²) < 4.78 is 28.9. The summed E-state index contributed by atoms with van der Waals surface area (Å²) in [7, 11) is -1.40. The average molecular weight is 375 g/mol. The van der Waals surface area contributed by atoms with Crippen LogP contribution in [0.25, 0.3) is 0 Å². The van der Waals surface area contributed by atoms with Gasteiger partial charge in [-0.3, -0.25) is 4.99 Å². The highest BCUT2D eigenvalue weighted by molar-refractivity contribution is 7.92. The quantitative estimate of drug-likeness (QED) is 0.484. The minimum absolute atomic E-state index is 0.126. The van der Waals surface area contributed by atoms with Gasteiger partial charge in [-0.25, -0.2) is 13.4 Å². The van der Waals surface area contributed by atoms with E-state index in [1.807, 2.05) is 4.90 Å². The Balaban J connectivity index is 1.86. The summed E-state index contributed by atoms with van der Waals surface area (Å²) in [6.07, 6.45) is 1.61. The van der Waals surface area contributed by atoms with Crippen LogP contribution < -0.4 is 10.1 Å². The highest BCUT2D eigenvalue weighted by Crippen LogP contribution is 2.23. The van der Waals surface area contributed by atoms with E-state index in [9.17, 15) is 8.42 Å². The van der Waals surface area contributed by atoms with Crippen LogP contribution >= 0.6 is 11.6 Å². The van der Waals surface area contributed by atoms with E-state index in [4.69, 9.17) is 16.3 Å². The second kappa shape index (κ2) is 7.57. The number of hydrogen-bond donors (Lipinski definition) is 1. The van der Waals surface area contributed by atoms with Gasteiger partial charge in [0.2, 0.25) is 5.88 Å². The van der Waals surface area contributed by atoms with Crippen molar-refractivity contribution in [1.82, 2.24) is 15.2 Å². The van der Waals surface area contributed by atoms with Gasteiger partial charge < -0.3 is 15.0 Å².